The Bertz CT molecular complexity index is 777. The molecule has 28 heavy (non-hydrogen) atoms. The number of guanidine groups is 1. The van der Waals surface area contributed by atoms with Gasteiger partial charge in [0.1, 0.15) is 18.2 Å². The standard InChI is InChI=1S/C22H31FN4O/c1-17-15-20(23)10-9-18(17)11-12-25-22(24-2)26-16-19-7-5-6-8-21(19)28-14-13-27(3)4/h5-10,15H,11-14,16H2,1-4H3,(H2,24,25,26). The number of halogens is 1. The van der Waals surface area contributed by atoms with Crippen LogP contribution in [0.3, 0.4) is 0 Å². The van der Waals surface area contributed by atoms with Crippen LogP contribution in [0.15, 0.2) is 47.5 Å². The highest BCUT2D eigenvalue weighted by Gasteiger charge is 2.06. The minimum absolute atomic E-state index is 0.196. The van der Waals surface area contributed by atoms with Gasteiger partial charge in [-0.1, -0.05) is 24.3 Å². The molecule has 0 saturated heterocycles. The normalized spacial score (nSPS) is 11.6. The lowest BCUT2D eigenvalue weighted by Gasteiger charge is -2.16. The van der Waals surface area contributed by atoms with Gasteiger partial charge in [0.25, 0.3) is 0 Å². The Morgan fingerprint density at radius 3 is 2.61 bits per heavy atom. The molecule has 2 rings (SSSR count). The molecule has 0 radical (unpaired) electrons. The molecule has 0 aliphatic carbocycles. The lowest BCUT2D eigenvalue weighted by molar-refractivity contribution is 0.259. The summed E-state index contributed by atoms with van der Waals surface area (Å²) >= 11 is 0. The minimum Gasteiger partial charge on any atom is -0.492 e. The van der Waals surface area contributed by atoms with Crippen molar-refractivity contribution in [3.05, 3.63) is 65.0 Å². The summed E-state index contributed by atoms with van der Waals surface area (Å²) in [5.41, 5.74) is 3.18. The Kier molecular flexibility index (Phi) is 8.75. The Morgan fingerprint density at radius 2 is 1.89 bits per heavy atom. The summed E-state index contributed by atoms with van der Waals surface area (Å²) in [5.74, 6) is 1.41. The molecule has 0 atom stereocenters. The van der Waals surface area contributed by atoms with E-state index in [-0.39, 0.29) is 5.82 Å². The van der Waals surface area contributed by atoms with Gasteiger partial charge in [-0.05, 0) is 56.8 Å². The van der Waals surface area contributed by atoms with E-state index in [1.165, 1.54) is 6.07 Å². The van der Waals surface area contributed by atoms with Crippen LogP contribution in [0.4, 0.5) is 4.39 Å². The number of nitrogens with one attached hydrogen (secondary N) is 2. The number of rotatable bonds is 9. The highest BCUT2D eigenvalue weighted by Crippen LogP contribution is 2.17. The van der Waals surface area contributed by atoms with Crippen LogP contribution in [0.5, 0.6) is 5.75 Å². The first kappa shape index (κ1) is 21.7. The fourth-order valence-electron chi connectivity index (χ4n) is 2.78. The Labute approximate surface area is 167 Å². The van der Waals surface area contributed by atoms with Crippen LogP contribution in [0.2, 0.25) is 0 Å². The molecule has 5 nitrogen and oxygen atoms in total. The number of ether oxygens (including phenoxy) is 1. The Hall–Kier alpha value is -2.60. The molecule has 0 amide bonds. The van der Waals surface area contributed by atoms with E-state index >= 15 is 0 Å². The molecule has 0 bridgehead atoms. The number of benzene rings is 2. The number of hydrogen-bond donors (Lipinski definition) is 2. The Morgan fingerprint density at radius 1 is 1.11 bits per heavy atom. The molecule has 0 fully saturated rings. The van der Waals surface area contributed by atoms with Gasteiger partial charge in [-0.15, -0.1) is 0 Å². The monoisotopic (exact) mass is 386 g/mol. The van der Waals surface area contributed by atoms with Crippen molar-refractivity contribution in [3.8, 4) is 5.75 Å². The summed E-state index contributed by atoms with van der Waals surface area (Å²) in [7, 11) is 5.80. The maximum absolute atomic E-state index is 13.2. The molecule has 0 saturated carbocycles. The third kappa shape index (κ3) is 7.19. The average molecular weight is 387 g/mol. The van der Waals surface area contributed by atoms with Gasteiger partial charge in [0.15, 0.2) is 5.96 Å². The van der Waals surface area contributed by atoms with Crippen molar-refractivity contribution in [1.82, 2.24) is 15.5 Å². The summed E-state index contributed by atoms with van der Waals surface area (Å²) in [4.78, 5) is 6.37. The van der Waals surface area contributed by atoms with Crippen LogP contribution >= 0.6 is 0 Å². The summed E-state index contributed by atoms with van der Waals surface area (Å²) < 4.78 is 19.1. The largest absolute Gasteiger partial charge is 0.492 e. The van der Waals surface area contributed by atoms with Gasteiger partial charge < -0.3 is 20.3 Å². The molecule has 152 valence electrons. The maximum atomic E-state index is 13.2. The Balaban J connectivity index is 1.83. The van der Waals surface area contributed by atoms with Crippen LogP contribution in [0, 0.1) is 12.7 Å². The van der Waals surface area contributed by atoms with Crippen molar-refractivity contribution in [3.63, 3.8) is 0 Å². The zero-order valence-corrected chi connectivity index (χ0v) is 17.3. The van der Waals surface area contributed by atoms with Crippen LogP contribution < -0.4 is 15.4 Å². The van der Waals surface area contributed by atoms with E-state index in [9.17, 15) is 4.39 Å². The van der Waals surface area contributed by atoms with Gasteiger partial charge >= 0.3 is 0 Å². The predicted molar refractivity (Wildman–Crippen MR) is 114 cm³/mol. The quantitative estimate of drug-likeness (QED) is 0.514. The molecule has 0 aliphatic heterocycles. The second-order valence-corrected chi connectivity index (χ2v) is 6.93. The third-order valence-corrected chi connectivity index (χ3v) is 4.43. The number of para-hydroxylation sites is 1. The molecular formula is C22H31FN4O. The van der Waals surface area contributed by atoms with E-state index in [1.54, 1.807) is 13.1 Å². The van der Waals surface area contributed by atoms with E-state index in [1.807, 2.05) is 51.4 Å². The predicted octanol–water partition coefficient (Wildman–Crippen LogP) is 2.98. The van der Waals surface area contributed by atoms with Gasteiger partial charge in [-0.2, -0.15) is 0 Å². The van der Waals surface area contributed by atoms with Crippen LogP contribution in [-0.2, 0) is 13.0 Å². The third-order valence-electron chi connectivity index (χ3n) is 4.43. The molecule has 2 aromatic carbocycles. The van der Waals surface area contributed by atoms with E-state index < -0.39 is 0 Å². The fraction of sp³-hybridized carbons (Fsp3) is 0.409. The number of aryl methyl sites for hydroxylation is 1. The van der Waals surface area contributed by atoms with Crippen LogP contribution in [0.25, 0.3) is 0 Å². The van der Waals surface area contributed by atoms with Crippen molar-refractivity contribution >= 4 is 5.96 Å². The molecule has 6 heteroatoms. The lowest BCUT2D eigenvalue weighted by Crippen LogP contribution is -2.38. The lowest BCUT2D eigenvalue weighted by atomic mass is 10.1. The number of nitrogens with zero attached hydrogens (tertiary/aromatic N) is 2. The van der Waals surface area contributed by atoms with Crippen molar-refractivity contribution in [1.29, 1.82) is 0 Å². The van der Waals surface area contributed by atoms with Crippen molar-refractivity contribution < 1.29 is 9.13 Å². The fourth-order valence-corrected chi connectivity index (χ4v) is 2.78. The molecule has 0 heterocycles. The van der Waals surface area contributed by atoms with Crippen molar-refractivity contribution in [2.24, 2.45) is 4.99 Å². The zero-order valence-electron chi connectivity index (χ0n) is 17.3. The molecular weight excluding hydrogens is 355 g/mol. The summed E-state index contributed by atoms with van der Waals surface area (Å²) in [6, 6.07) is 12.9. The van der Waals surface area contributed by atoms with Crippen molar-refractivity contribution in [2.75, 3.05) is 40.8 Å². The zero-order chi connectivity index (χ0) is 20.4. The first-order chi connectivity index (χ1) is 13.5. The van der Waals surface area contributed by atoms with E-state index in [0.29, 0.717) is 19.7 Å². The number of hydrogen-bond acceptors (Lipinski definition) is 3. The second kappa shape index (κ2) is 11.3. The SMILES string of the molecule is CN=C(NCCc1ccc(F)cc1C)NCc1ccccc1OCCN(C)C. The molecule has 0 aromatic heterocycles. The minimum atomic E-state index is -0.196. The highest BCUT2D eigenvalue weighted by molar-refractivity contribution is 5.79. The van der Waals surface area contributed by atoms with Gasteiger partial charge in [0.05, 0.1) is 0 Å². The summed E-state index contributed by atoms with van der Waals surface area (Å²) in [6.07, 6.45) is 0.803. The summed E-state index contributed by atoms with van der Waals surface area (Å²) in [6.45, 7) is 4.78. The second-order valence-electron chi connectivity index (χ2n) is 6.93. The van der Waals surface area contributed by atoms with E-state index in [4.69, 9.17) is 4.74 Å². The summed E-state index contributed by atoms with van der Waals surface area (Å²) in [5, 5.41) is 6.63. The average Bonchev–Trinajstić information content (AvgIpc) is 2.66. The van der Waals surface area contributed by atoms with E-state index in [0.717, 1.165) is 41.4 Å². The molecule has 0 aliphatic rings. The van der Waals surface area contributed by atoms with Crippen LogP contribution in [-0.4, -0.2) is 51.7 Å². The number of aliphatic imine (C=N–C) groups is 1. The maximum Gasteiger partial charge on any atom is 0.191 e. The topological polar surface area (TPSA) is 48.9 Å². The molecule has 2 N–H and O–H groups in total. The first-order valence-corrected chi connectivity index (χ1v) is 9.54. The van der Waals surface area contributed by atoms with Crippen LogP contribution in [0.1, 0.15) is 16.7 Å². The van der Waals surface area contributed by atoms with Crippen molar-refractivity contribution in [2.45, 2.75) is 19.9 Å². The van der Waals surface area contributed by atoms with Gasteiger partial charge in [-0.3, -0.25) is 4.99 Å². The molecule has 0 unspecified atom stereocenters. The number of likely N-dealkylation sites (N-methyl/N-ethyl adjacent to an activating group) is 1. The smallest absolute Gasteiger partial charge is 0.191 e. The molecule has 2 aromatic rings. The first-order valence-electron chi connectivity index (χ1n) is 9.54. The van der Waals surface area contributed by atoms with Gasteiger partial charge in [-0.25, -0.2) is 4.39 Å². The van der Waals surface area contributed by atoms with Gasteiger partial charge in [0.2, 0.25) is 0 Å². The van der Waals surface area contributed by atoms with Gasteiger partial charge in [0, 0.05) is 32.2 Å². The van der Waals surface area contributed by atoms with E-state index in [2.05, 4.69) is 20.5 Å². The molecule has 0 spiro atoms. The highest BCUT2D eigenvalue weighted by atomic mass is 19.1.